The number of rotatable bonds is 5. The number of nitrogens with one attached hydrogen (secondary N) is 1. The molecule has 0 aliphatic heterocycles. The van der Waals surface area contributed by atoms with E-state index in [1.54, 1.807) is 20.8 Å². The van der Waals surface area contributed by atoms with E-state index in [2.05, 4.69) is 5.32 Å². The van der Waals surface area contributed by atoms with Crippen molar-refractivity contribution in [1.82, 2.24) is 5.32 Å². The molecule has 2 N–H and O–H groups in total. The minimum Gasteiger partial charge on any atom is -0.480 e. The number of furan rings is 1. The van der Waals surface area contributed by atoms with Gasteiger partial charge in [-0.3, -0.25) is 4.79 Å². The monoisotopic (exact) mass is 303 g/mol. The number of carboxylic acid groups (broad SMARTS) is 1. The van der Waals surface area contributed by atoms with Gasteiger partial charge in [0.05, 0.1) is 0 Å². The van der Waals surface area contributed by atoms with E-state index < -0.39 is 17.4 Å². The molecule has 0 saturated carbocycles. The van der Waals surface area contributed by atoms with Gasteiger partial charge in [-0.1, -0.05) is 32.0 Å². The summed E-state index contributed by atoms with van der Waals surface area (Å²) in [6.45, 7) is 7.20. The summed E-state index contributed by atoms with van der Waals surface area (Å²) in [5, 5.41) is 12.9. The van der Waals surface area contributed by atoms with Crippen LogP contribution in [0.5, 0.6) is 0 Å². The lowest BCUT2D eigenvalue weighted by atomic mass is 9.92. The molecule has 2 aromatic rings. The molecule has 0 radical (unpaired) electrons. The molecule has 0 bridgehead atoms. The minimum atomic E-state index is -1.27. The van der Waals surface area contributed by atoms with Gasteiger partial charge in [-0.25, -0.2) is 4.79 Å². The van der Waals surface area contributed by atoms with Gasteiger partial charge in [0.25, 0.3) is 5.91 Å². The quantitative estimate of drug-likeness (QED) is 0.887. The lowest BCUT2D eigenvalue weighted by Crippen LogP contribution is -2.53. The summed E-state index contributed by atoms with van der Waals surface area (Å²) in [6.07, 6.45) is 0.617. The van der Waals surface area contributed by atoms with Crippen LogP contribution in [0.25, 0.3) is 11.0 Å². The number of hydrogen-bond acceptors (Lipinski definition) is 3. The van der Waals surface area contributed by atoms with E-state index in [4.69, 9.17) is 4.42 Å². The number of carboxylic acids is 1. The molecule has 2 rings (SSSR count). The minimum absolute atomic E-state index is 0.178. The number of carbonyl (C=O) groups is 2. The third-order valence-electron chi connectivity index (χ3n) is 4.34. The Labute approximate surface area is 129 Å². The number of aryl methyl sites for hydroxylation is 2. The molecule has 5 heteroatoms. The SMILES string of the molecule is CCC(CC)(NC(=O)c1oc2c(C)cccc2c1C)C(=O)O. The second-order valence-corrected chi connectivity index (χ2v) is 5.56. The lowest BCUT2D eigenvalue weighted by molar-refractivity contribution is -0.144. The number of aliphatic carboxylic acids is 1. The molecule has 0 atom stereocenters. The maximum absolute atomic E-state index is 12.5. The fourth-order valence-electron chi connectivity index (χ4n) is 2.66. The summed E-state index contributed by atoms with van der Waals surface area (Å²) >= 11 is 0. The molecule has 22 heavy (non-hydrogen) atoms. The molecular formula is C17H21NO4. The van der Waals surface area contributed by atoms with E-state index in [0.29, 0.717) is 18.4 Å². The van der Waals surface area contributed by atoms with E-state index in [0.717, 1.165) is 16.5 Å². The Balaban J connectivity index is 2.44. The van der Waals surface area contributed by atoms with E-state index in [1.165, 1.54) is 0 Å². The van der Waals surface area contributed by atoms with Crippen molar-refractivity contribution in [2.24, 2.45) is 0 Å². The van der Waals surface area contributed by atoms with E-state index >= 15 is 0 Å². The van der Waals surface area contributed by atoms with Gasteiger partial charge in [0.1, 0.15) is 11.1 Å². The predicted octanol–water partition coefficient (Wildman–Crippen LogP) is 3.42. The van der Waals surface area contributed by atoms with Crippen molar-refractivity contribution >= 4 is 22.8 Å². The van der Waals surface area contributed by atoms with Gasteiger partial charge in [-0.05, 0) is 32.3 Å². The molecule has 0 spiro atoms. The maximum atomic E-state index is 12.5. The first-order chi connectivity index (χ1) is 10.4. The Kier molecular flexibility index (Phi) is 4.26. The van der Waals surface area contributed by atoms with Crippen LogP contribution < -0.4 is 5.32 Å². The fraction of sp³-hybridized carbons (Fsp3) is 0.412. The van der Waals surface area contributed by atoms with Crippen molar-refractivity contribution < 1.29 is 19.1 Å². The molecular weight excluding hydrogens is 282 g/mol. The number of fused-ring (bicyclic) bond motifs is 1. The molecule has 1 aromatic carbocycles. The molecule has 0 aliphatic carbocycles. The molecule has 0 unspecified atom stereocenters. The van der Waals surface area contributed by atoms with Crippen LogP contribution in [0, 0.1) is 13.8 Å². The predicted molar refractivity (Wildman–Crippen MR) is 84.1 cm³/mol. The highest BCUT2D eigenvalue weighted by Gasteiger charge is 2.37. The molecule has 1 heterocycles. The van der Waals surface area contributed by atoms with Crippen LogP contribution in [-0.2, 0) is 4.79 Å². The van der Waals surface area contributed by atoms with E-state index in [1.807, 2.05) is 25.1 Å². The highest BCUT2D eigenvalue weighted by molar-refractivity contribution is 6.01. The molecule has 0 fully saturated rings. The van der Waals surface area contributed by atoms with Crippen molar-refractivity contribution in [2.75, 3.05) is 0 Å². The van der Waals surface area contributed by atoms with Crippen LogP contribution in [0.1, 0.15) is 48.4 Å². The third-order valence-corrected chi connectivity index (χ3v) is 4.34. The van der Waals surface area contributed by atoms with Gasteiger partial charge >= 0.3 is 5.97 Å². The summed E-state index contributed by atoms with van der Waals surface area (Å²) in [7, 11) is 0. The Hall–Kier alpha value is -2.30. The Morgan fingerprint density at radius 3 is 2.36 bits per heavy atom. The first-order valence-electron chi connectivity index (χ1n) is 7.41. The molecule has 0 aliphatic rings. The molecule has 1 aromatic heterocycles. The highest BCUT2D eigenvalue weighted by Crippen LogP contribution is 2.28. The highest BCUT2D eigenvalue weighted by atomic mass is 16.4. The zero-order chi connectivity index (χ0) is 16.5. The second kappa shape index (κ2) is 5.83. The summed E-state index contributed by atoms with van der Waals surface area (Å²) in [6, 6.07) is 5.70. The Bertz CT molecular complexity index is 726. The van der Waals surface area contributed by atoms with Crippen LogP contribution in [0.2, 0.25) is 0 Å². The number of hydrogen-bond donors (Lipinski definition) is 2. The number of carbonyl (C=O) groups excluding carboxylic acids is 1. The number of amides is 1. The Morgan fingerprint density at radius 1 is 1.23 bits per heavy atom. The van der Waals surface area contributed by atoms with Gasteiger partial charge in [-0.15, -0.1) is 0 Å². The first kappa shape index (κ1) is 16.1. The molecule has 0 saturated heterocycles. The summed E-state index contributed by atoms with van der Waals surface area (Å²) in [5.74, 6) is -1.34. The standard InChI is InChI=1S/C17H21NO4/c1-5-17(6-2,16(20)21)18-15(19)14-11(4)12-9-7-8-10(3)13(12)22-14/h7-9H,5-6H2,1-4H3,(H,18,19)(H,20,21). The van der Waals surface area contributed by atoms with Crippen LogP contribution >= 0.6 is 0 Å². The van der Waals surface area contributed by atoms with E-state index in [-0.39, 0.29) is 5.76 Å². The number of para-hydroxylation sites is 1. The van der Waals surface area contributed by atoms with Gasteiger partial charge < -0.3 is 14.8 Å². The van der Waals surface area contributed by atoms with Crippen molar-refractivity contribution in [1.29, 1.82) is 0 Å². The van der Waals surface area contributed by atoms with Gasteiger partial charge in [-0.2, -0.15) is 0 Å². The second-order valence-electron chi connectivity index (χ2n) is 5.56. The molecule has 1 amide bonds. The normalized spacial score (nSPS) is 11.6. The van der Waals surface area contributed by atoms with Crippen LogP contribution in [-0.4, -0.2) is 22.5 Å². The van der Waals surface area contributed by atoms with Crippen LogP contribution in [0.4, 0.5) is 0 Å². The van der Waals surface area contributed by atoms with Crippen molar-refractivity contribution in [3.05, 3.63) is 35.1 Å². The van der Waals surface area contributed by atoms with Gasteiger partial charge in [0.2, 0.25) is 0 Å². The van der Waals surface area contributed by atoms with Crippen molar-refractivity contribution in [3.8, 4) is 0 Å². The largest absolute Gasteiger partial charge is 0.480 e. The maximum Gasteiger partial charge on any atom is 0.329 e. The smallest absolute Gasteiger partial charge is 0.329 e. The third kappa shape index (κ3) is 2.47. The average molecular weight is 303 g/mol. The first-order valence-corrected chi connectivity index (χ1v) is 7.41. The Morgan fingerprint density at radius 2 is 1.86 bits per heavy atom. The summed E-state index contributed by atoms with van der Waals surface area (Å²) < 4.78 is 5.70. The van der Waals surface area contributed by atoms with Crippen molar-refractivity contribution in [2.45, 2.75) is 46.1 Å². The van der Waals surface area contributed by atoms with Crippen LogP contribution in [0.15, 0.2) is 22.6 Å². The fourth-order valence-corrected chi connectivity index (χ4v) is 2.66. The topological polar surface area (TPSA) is 79.5 Å². The summed E-state index contributed by atoms with van der Waals surface area (Å²) in [5.41, 5.74) is 1.06. The lowest BCUT2D eigenvalue weighted by Gasteiger charge is -2.27. The summed E-state index contributed by atoms with van der Waals surface area (Å²) in [4.78, 5) is 24.0. The van der Waals surface area contributed by atoms with E-state index in [9.17, 15) is 14.7 Å². The van der Waals surface area contributed by atoms with Crippen molar-refractivity contribution in [3.63, 3.8) is 0 Å². The van der Waals surface area contributed by atoms with Gasteiger partial charge in [0.15, 0.2) is 5.76 Å². The number of benzene rings is 1. The molecule has 5 nitrogen and oxygen atoms in total. The average Bonchev–Trinajstić information content (AvgIpc) is 2.83. The zero-order valence-electron chi connectivity index (χ0n) is 13.3. The zero-order valence-corrected chi connectivity index (χ0v) is 13.3. The molecule has 118 valence electrons. The van der Waals surface area contributed by atoms with Crippen LogP contribution in [0.3, 0.4) is 0 Å². The van der Waals surface area contributed by atoms with Gasteiger partial charge in [0, 0.05) is 10.9 Å².